The average Bonchev–Trinajstić information content (AvgIpc) is 2.72. The molecule has 0 unspecified atom stereocenters. The monoisotopic (exact) mass is 406 g/mol. The summed E-state index contributed by atoms with van der Waals surface area (Å²) < 4.78 is 0. The van der Waals surface area contributed by atoms with Crippen LogP contribution in [0, 0.1) is 6.92 Å². The van der Waals surface area contributed by atoms with E-state index in [9.17, 15) is 9.59 Å². The van der Waals surface area contributed by atoms with Crippen LogP contribution in [0.4, 0.5) is 5.82 Å². The first kappa shape index (κ1) is 22.5. The number of pyridine rings is 2. The van der Waals surface area contributed by atoms with E-state index in [1.54, 1.807) is 43.6 Å². The van der Waals surface area contributed by atoms with E-state index in [4.69, 9.17) is 11.5 Å². The molecule has 2 amide bonds. The van der Waals surface area contributed by atoms with Gasteiger partial charge in [-0.1, -0.05) is 18.2 Å². The molecular formula is C22H26N6O2. The van der Waals surface area contributed by atoms with Crippen LogP contribution >= 0.6 is 0 Å². The van der Waals surface area contributed by atoms with Gasteiger partial charge in [-0.2, -0.15) is 0 Å². The Morgan fingerprint density at radius 3 is 2.77 bits per heavy atom. The van der Waals surface area contributed by atoms with Crippen molar-refractivity contribution in [3.8, 4) is 0 Å². The number of nitrogens with one attached hydrogen (secondary N) is 1. The van der Waals surface area contributed by atoms with Crippen molar-refractivity contribution in [3.63, 3.8) is 0 Å². The smallest absolute Gasteiger partial charge is 0.251 e. The lowest BCUT2D eigenvalue weighted by Crippen LogP contribution is -2.23. The van der Waals surface area contributed by atoms with Gasteiger partial charge in [0.2, 0.25) is 5.91 Å². The van der Waals surface area contributed by atoms with Crippen molar-refractivity contribution in [2.24, 2.45) is 10.7 Å². The summed E-state index contributed by atoms with van der Waals surface area (Å²) >= 11 is 0. The SMILES string of the molecule is CN=C/C(=C\C=C\CCc1cc(C(=O)NCc2ccc(N)nc2C)ccn1)C(N)=O. The third-order valence-corrected chi connectivity index (χ3v) is 4.27. The van der Waals surface area contributed by atoms with E-state index < -0.39 is 5.91 Å². The summed E-state index contributed by atoms with van der Waals surface area (Å²) in [6, 6.07) is 7.01. The molecule has 0 atom stereocenters. The second kappa shape index (κ2) is 11.3. The summed E-state index contributed by atoms with van der Waals surface area (Å²) in [4.78, 5) is 36.0. The van der Waals surface area contributed by atoms with Crippen LogP contribution in [0.5, 0.6) is 0 Å². The zero-order valence-corrected chi connectivity index (χ0v) is 17.1. The van der Waals surface area contributed by atoms with Crippen molar-refractivity contribution < 1.29 is 9.59 Å². The van der Waals surface area contributed by atoms with Crippen LogP contribution in [0.2, 0.25) is 0 Å². The predicted molar refractivity (Wildman–Crippen MR) is 118 cm³/mol. The van der Waals surface area contributed by atoms with Gasteiger partial charge in [0.25, 0.3) is 5.91 Å². The molecule has 8 heteroatoms. The highest BCUT2D eigenvalue weighted by Crippen LogP contribution is 2.09. The number of allylic oxidation sites excluding steroid dienone is 3. The molecule has 0 fully saturated rings. The van der Waals surface area contributed by atoms with E-state index in [2.05, 4.69) is 20.3 Å². The zero-order chi connectivity index (χ0) is 21.9. The lowest BCUT2D eigenvalue weighted by atomic mass is 10.1. The van der Waals surface area contributed by atoms with Gasteiger partial charge in [-0.05, 0) is 49.6 Å². The number of aliphatic imine (C=N–C) groups is 1. The zero-order valence-electron chi connectivity index (χ0n) is 17.1. The number of hydrogen-bond donors (Lipinski definition) is 3. The van der Waals surface area contributed by atoms with Crippen LogP contribution in [0.25, 0.3) is 0 Å². The fraction of sp³-hybridized carbons (Fsp3) is 0.227. The molecule has 0 saturated heterocycles. The highest BCUT2D eigenvalue weighted by molar-refractivity contribution is 6.11. The third kappa shape index (κ3) is 6.97. The van der Waals surface area contributed by atoms with Crippen molar-refractivity contribution in [2.75, 3.05) is 12.8 Å². The van der Waals surface area contributed by atoms with Gasteiger partial charge in [-0.15, -0.1) is 0 Å². The fourth-order valence-corrected chi connectivity index (χ4v) is 2.66. The molecule has 2 rings (SSSR count). The summed E-state index contributed by atoms with van der Waals surface area (Å²) in [5, 5.41) is 2.89. The molecule has 5 N–H and O–H groups in total. The van der Waals surface area contributed by atoms with Crippen LogP contribution in [0.15, 0.2) is 59.3 Å². The Morgan fingerprint density at radius 1 is 1.27 bits per heavy atom. The number of rotatable bonds is 9. The molecule has 0 aliphatic rings. The molecule has 2 aromatic rings. The summed E-state index contributed by atoms with van der Waals surface area (Å²) in [5.74, 6) is -0.260. The number of nitrogens with zero attached hydrogens (tertiary/aromatic N) is 3. The molecule has 8 nitrogen and oxygen atoms in total. The number of carbonyl (C=O) groups excluding carboxylic acids is 2. The number of amides is 2. The first-order valence-electron chi connectivity index (χ1n) is 9.44. The van der Waals surface area contributed by atoms with Gasteiger partial charge in [0.05, 0.1) is 5.57 Å². The van der Waals surface area contributed by atoms with E-state index >= 15 is 0 Å². The molecule has 0 bridgehead atoms. The number of anilines is 1. The molecule has 0 saturated carbocycles. The average molecular weight is 406 g/mol. The van der Waals surface area contributed by atoms with E-state index in [0.29, 0.717) is 36.3 Å². The molecule has 0 aliphatic carbocycles. The normalized spacial score (nSPS) is 11.9. The van der Waals surface area contributed by atoms with Gasteiger partial charge in [-0.3, -0.25) is 19.6 Å². The Morgan fingerprint density at radius 2 is 2.07 bits per heavy atom. The quantitative estimate of drug-likeness (QED) is 0.332. The Hall–Kier alpha value is -3.81. The minimum Gasteiger partial charge on any atom is -0.384 e. The van der Waals surface area contributed by atoms with E-state index in [-0.39, 0.29) is 5.91 Å². The first-order chi connectivity index (χ1) is 14.4. The van der Waals surface area contributed by atoms with Crippen LogP contribution in [-0.2, 0) is 17.8 Å². The molecule has 0 radical (unpaired) electrons. The van der Waals surface area contributed by atoms with Crippen LogP contribution in [0.3, 0.4) is 0 Å². The van der Waals surface area contributed by atoms with E-state index in [0.717, 1.165) is 17.0 Å². The maximum absolute atomic E-state index is 12.5. The number of aromatic nitrogens is 2. The summed E-state index contributed by atoms with van der Waals surface area (Å²) in [7, 11) is 1.57. The minimum atomic E-state index is -0.532. The highest BCUT2D eigenvalue weighted by atomic mass is 16.2. The van der Waals surface area contributed by atoms with Crippen LogP contribution in [0.1, 0.15) is 33.7 Å². The largest absolute Gasteiger partial charge is 0.384 e. The van der Waals surface area contributed by atoms with Crippen molar-refractivity contribution in [1.29, 1.82) is 0 Å². The first-order valence-corrected chi connectivity index (χ1v) is 9.44. The van der Waals surface area contributed by atoms with Crippen molar-refractivity contribution in [2.45, 2.75) is 26.3 Å². The standard InChI is InChI=1S/C22H26N6O2/c1-15-17(8-9-20(23)28-15)14-27-22(30)16-10-11-26-19(12-16)7-5-3-4-6-18(13-25-2)21(24)29/h3-4,6,8-13H,5,7,14H2,1-2H3,(H2,23,28)(H2,24,29)(H,27,30)/b4-3+,18-6+,25-13?. The van der Waals surface area contributed by atoms with Gasteiger partial charge >= 0.3 is 0 Å². The highest BCUT2D eigenvalue weighted by Gasteiger charge is 2.08. The van der Waals surface area contributed by atoms with Crippen LogP contribution < -0.4 is 16.8 Å². The topological polar surface area (TPSA) is 136 Å². The fourth-order valence-electron chi connectivity index (χ4n) is 2.66. The number of nitrogen functional groups attached to an aromatic ring is 1. The maximum Gasteiger partial charge on any atom is 0.251 e. The molecule has 0 aliphatic heterocycles. The summed E-state index contributed by atoms with van der Waals surface area (Å²) in [6.07, 6.45) is 9.64. The third-order valence-electron chi connectivity index (χ3n) is 4.27. The number of hydrogen-bond acceptors (Lipinski definition) is 6. The summed E-state index contributed by atoms with van der Waals surface area (Å²) in [5.41, 5.74) is 14.3. The molecule has 156 valence electrons. The minimum absolute atomic E-state index is 0.182. The summed E-state index contributed by atoms with van der Waals surface area (Å²) in [6.45, 7) is 2.22. The maximum atomic E-state index is 12.5. The number of carbonyl (C=O) groups is 2. The molecular weight excluding hydrogens is 380 g/mol. The van der Waals surface area contributed by atoms with E-state index in [1.807, 2.05) is 19.1 Å². The number of nitrogens with two attached hydrogens (primary N) is 2. The lowest BCUT2D eigenvalue weighted by Gasteiger charge is -2.09. The Bertz CT molecular complexity index is 995. The molecule has 0 spiro atoms. The Balaban J connectivity index is 1.92. The number of primary amides is 1. The Labute approximate surface area is 175 Å². The number of aryl methyl sites for hydroxylation is 2. The second-order valence-electron chi connectivity index (χ2n) is 6.54. The van der Waals surface area contributed by atoms with Gasteiger partial charge in [0.1, 0.15) is 5.82 Å². The van der Waals surface area contributed by atoms with Crippen LogP contribution in [-0.4, -0.2) is 35.0 Å². The van der Waals surface area contributed by atoms with Crippen molar-refractivity contribution >= 4 is 23.8 Å². The van der Waals surface area contributed by atoms with Gasteiger partial charge < -0.3 is 16.8 Å². The van der Waals surface area contributed by atoms with Gasteiger partial charge in [0.15, 0.2) is 0 Å². The Kier molecular flexibility index (Phi) is 8.43. The molecule has 2 heterocycles. The van der Waals surface area contributed by atoms with Gasteiger partial charge in [-0.25, -0.2) is 4.98 Å². The van der Waals surface area contributed by atoms with Crippen molar-refractivity contribution in [1.82, 2.24) is 15.3 Å². The van der Waals surface area contributed by atoms with Gasteiger partial charge in [0, 0.05) is 43.0 Å². The molecule has 2 aromatic heterocycles. The lowest BCUT2D eigenvalue weighted by molar-refractivity contribution is -0.114. The molecule has 0 aromatic carbocycles. The molecule has 30 heavy (non-hydrogen) atoms. The van der Waals surface area contributed by atoms with E-state index in [1.165, 1.54) is 6.21 Å². The second-order valence-corrected chi connectivity index (χ2v) is 6.54. The van der Waals surface area contributed by atoms with Crippen molar-refractivity contribution in [3.05, 3.63) is 76.8 Å². The predicted octanol–water partition coefficient (Wildman–Crippen LogP) is 1.90.